The van der Waals surface area contributed by atoms with Gasteiger partial charge in [0.15, 0.2) is 11.6 Å². The van der Waals surface area contributed by atoms with E-state index in [0.29, 0.717) is 0 Å². The predicted molar refractivity (Wildman–Crippen MR) is 55.0 cm³/mol. The first-order chi connectivity index (χ1) is 7.83. The summed E-state index contributed by atoms with van der Waals surface area (Å²) in [5.41, 5.74) is 0. The van der Waals surface area contributed by atoms with Gasteiger partial charge >= 0.3 is 5.97 Å². The van der Waals surface area contributed by atoms with Crippen molar-refractivity contribution in [2.75, 3.05) is 13.2 Å². The van der Waals surface area contributed by atoms with Gasteiger partial charge in [0, 0.05) is 6.92 Å². The molecule has 0 aromatic heterocycles. The predicted octanol–water partition coefficient (Wildman–Crippen LogP) is 0.387. The highest BCUT2D eigenvalue weighted by atomic mass is 16.8. The van der Waals surface area contributed by atoms with Gasteiger partial charge < -0.3 is 18.9 Å². The molecule has 0 aliphatic carbocycles. The Morgan fingerprint density at radius 3 is 2.59 bits per heavy atom. The third-order valence-electron chi connectivity index (χ3n) is 2.69. The number of Topliss-reactive ketones (excluding diaryl/α,β-unsaturated/α-hetero) is 1. The molecule has 2 aliphatic rings. The van der Waals surface area contributed by atoms with Gasteiger partial charge in [-0.3, -0.25) is 9.59 Å². The monoisotopic (exact) mass is 244 g/mol. The van der Waals surface area contributed by atoms with Crippen molar-refractivity contribution in [3.8, 4) is 0 Å². The molecule has 2 heterocycles. The fourth-order valence-corrected chi connectivity index (χ4v) is 1.97. The molecule has 0 amide bonds. The Bertz CT molecular complexity index is 350. The zero-order valence-electron chi connectivity index (χ0n) is 10.1. The first-order valence-electron chi connectivity index (χ1n) is 5.52. The quantitative estimate of drug-likeness (QED) is 0.621. The zero-order valence-corrected chi connectivity index (χ0v) is 10.1. The molecular formula is C11H16O6. The molecule has 2 aliphatic heterocycles. The Labute approximate surface area is 99.2 Å². The maximum atomic E-state index is 12.0. The lowest BCUT2D eigenvalue weighted by Crippen LogP contribution is -2.52. The van der Waals surface area contributed by atoms with Crippen molar-refractivity contribution in [3.05, 3.63) is 0 Å². The van der Waals surface area contributed by atoms with Crippen molar-refractivity contribution in [1.82, 2.24) is 0 Å². The van der Waals surface area contributed by atoms with Crippen LogP contribution in [0.25, 0.3) is 0 Å². The summed E-state index contributed by atoms with van der Waals surface area (Å²) in [7, 11) is 0. The zero-order chi connectivity index (χ0) is 12.7. The Kier molecular flexibility index (Phi) is 2.97. The van der Waals surface area contributed by atoms with Gasteiger partial charge in [-0.05, 0) is 13.8 Å². The molecule has 2 saturated heterocycles. The minimum atomic E-state index is -1.32. The average Bonchev–Trinajstić information content (AvgIpc) is 2.49. The van der Waals surface area contributed by atoms with E-state index in [1.165, 1.54) is 6.92 Å². The molecule has 17 heavy (non-hydrogen) atoms. The van der Waals surface area contributed by atoms with Gasteiger partial charge in [0.1, 0.15) is 12.7 Å². The topological polar surface area (TPSA) is 71.1 Å². The molecule has 0 saturated carbocycles. The Morgan fingerprint density at radius 1 is 1.41 bits per heavy atom. The third kappa shape index (κ3) is 2.48. The number of ether oxygens (including phenoxy) is 4. The van der Waals surface area contributed by atoms with Gasteiger partial charge in [0.2, 0.25) is 0 Å². The number of hydrogen-bond donors (Lipinski definition) is 0. The number of carbonyl (C=O) groups excluding carboxylic acids is 2. The van der Waals surface area contributed by atoms with E-state index in [1.807, 2.05) is 0 Å². The highest BCUT2D eigenvalue weighted by Gasteiger charge is 2.55. The molecule has 1 spiro atoms. The van der Waals surface area contributed by atoms with Crippen LogP contribution in [0.3, 0.4) is 0 Å². The van der Waals surface area contributed by atoms with Gasteiger partial charge in [0.25, 0.3) is 5.79 Å². The number of hydrogen-bond acceptors (Lipinski definition) is 6. The van der Waals surface area contributed by atoms with Gasteiger partial charge in [-0.2, -0.15) is 0 Å². The number of carbonyl (C=O) groups is 2. The molecule has 96 valence electrons. The molecular weight excluding hydrogens is 228 g/mol. The second-order valence-electron chi connectivity index (χ2n) is 4.71. The summed E-state index contributed by atoms with van der Waals surface area (Å²) in [4.78, 5) is 22.8. The van der Waals surface area contributed by atoms with Crippen molar-refractivity contribution < 1.29 is 28.5 Å². The van der Waals surface area contributed by atoms with E-state index in [4.69, 9.17) is 18.9 Å². The summed E-state index contributed by atoms with van der Waals surface area (Å²) in [5.74, 6) is -2.82. The van der Waals surface area contributed by atoms with Crippen LogP contribution in [0.1, 0.15) is 27.2 Å². The van der Waals surface area contributed by atoms with Crippen LogP contribution in [0.5, 0.6) is 0 Å². The van der Waals surface area contributed by atoms with E-state index in [-0.39, 0.29) is 25.4 Å². The summed E-state index contributed by atoms with van der Waals surface area (Å²) >= 11 is 0. The maximum Gasteiger partial charge on any atom is 0.302 e. The minimum absolute atomic E-state index is 0.0750. The summed E-state index contributed by atoms with van der Waals surface area (Å²) in [6, 6.07) is 0. The van der Waals surface area contributed by atoms with Crippen LogP contribution in [0, 0.1) is 0 Å². The van der Waals surface area contributed by atoms with Gasteiger partial charge in [-0.1, -0.05) is 0 Å². The third-order valence-corrected chi connectivity index (χ3v) is 2.69. The normalized spacial score (nSPS) is 36.2. The number of ketones is 1. The minimum Gasteiger partial charge on any atom is -0.460 e. The highest BCUT2D eigenvalue weighted by Crippen LogP contribution is 2.36. The van der Waals surface area contributed by atoms with Crippen LogP contribution in [0.2, 0.25) is 0 Å². The van der Waals surface area contributed by atoms with Crippen molar-refractivity contribution >= 4 is 11.8 Å². The van der Waals surface area contributed by atoms with Crippen LogP contribution in [-0.4, -0.2) is 42.6 Å². The molecule has 0 radical (unpaired) electrons. The summed E-state index contributed by atoms with van der Waals surface area (Å²) in [5, 5.41) is 0. The van der Waals surface area contributed by atoms with E-state index in [2.05, 4.69) is 0 Å². The van der Waals surface area contributed by atoms with Gasteiger partial charge in [-0.15, -0.1) is 0 Å². The average molecular weight is 244 g/mol. The molecule has 0 bridgehead atoms. The van der Waals surface area contributed by atoms with E-state index >= 15 is 0 Å². The number of rotatable bonds is 1. The largest absolute Gasteiger partial charge is 0.460 e. The van der Waals surface area contributed by atoms with Crippen molar-refractivity contribution in [1.29, 1.82) is 0 Å². The van der Waals surface area contributed by atoms with Crippen molar-refractivity contribution in [2.45, 2.75) is 44.9 Å². The van der Waals surface area contributed by atoms with E-state index < -0.39 is 23.6 Å². The van der Waals surface area contributed by atoms with Crippen molar-refractivity contribution in [3.63, 3.8) is 0 Å². The fourth-order valence-electron chi connectivity index (χ4n) is 1.97. The summed E-state index contributed by atoms with van der Waals surface area (Å²) in [6.07, 6.45) is -0.433. The smallest absolute Gasteiger partial charge is 0.302 e. The summed E-state index contributed by atoms with van der Waals surface area (Å²) < 4.78 is 21.2. The molecule has 6 nitrogen and oxygen atoms in total. The Morgan fingerprint density at radius 2 is 2.12 bits per heavy atom. The molecule has 0 N–H and O–H groups in total. The number of esters is 1. The fraction of sp³-hybridized carbons (Fsp3) is 0.818. The Balaban J connectivity index is 2.02. The van der Waals surface area contributed by atoms with Gasteiger partial charge in [0.05, 0.1) is 13.0 Å². The molecule has 0 aromatic rings. The maximum absolute atomic E-state index is 12.0. The molecule has 6 heteroatoms. The lowest BCUT2D eigenvalue weighted by molar-refractivity contribution is -0.261. The summed E-state index contributed by atoms with van der Waals surface area (Å²) in [6.45, 7) is 4.95. The molecule has 2 fully saturated rings. The van der Waals surface area contributed by atoms with E-state index in [1.54, 1.807) is 13.8 Å². The molecule has 0 aromatic carbocycles. The first kappa shape index (κ1) is 12.5. The molecule has 2 unspecified atom stereocenters. The van der Waals surface area contributed by atoms with Crippen molar-refractivity contribution in [2.24, 2.45) is 0 Å². The van der Waals surface area contributed by atoms with Crippen LogP contribution < -0.4 is 0 Å². The van der Waals surface area contributed by atoms with Crippen LogP contribution in [-0.2, 0) is 28.5 Å². The van der Waals surface area contributed by atoms with Crippen LogP contribution in [0.4, 0.5) is 0 Å². The van der Waals surface area contributed by atoms with E-state index in [0.717, 1.165) is 0 Å². The van der Waals surface area contributed by atoms with Crippen LogP contribution >= 0.6 is 0 Å². The van der Waals surface area contributed by atoms with E-state index in [9.17, 15) is 9.59 Å². The lowest BCUT2D eigenvalue weighted by atomic mass is 10.0. The molecule has 2 rings (SSSR count). The second kappa shape index (κ2) is 4.04. The standard InChI is InChI=1S/C11H16O6/c1-7(12)16-8-4-9(13)11(14-5-8)6-15-10(2,3)17-11/h8H,4-6H2,1-3H3. The lowest BCUT2D eigenvalue weighted by Gasteiger charge is -2.34. The second-order valence-corrected chi connectivity index (χ2v) is 4.71. The SMILES string of the molecule is CC(=O)OC1COC2(COC(C)(C)O2)C(=O)C1. The Hall–Kier alpha value is -0.980. The van der Waals surface area contributed by atoms with Crippen LogP contribution in [0.15, 0.2) is 0 Å². The first-order valence-corrected chi connectivity index (χ1v) is 5.52. The van der Waals surface area contributed by atoms with Gasteiger partial charge in [-0.25, -0.2) is 0 Å². The highest BCUT2D eigenvalue weighted by molar-refractivity contribution is 5.87. The molecule has 2 atom stereocenters.